The minimum atomic E-state index is -1.06. The van der Waals surface area contributed by atoms with Gasteiger partial charge in [-0.2, -0.15) is 0 Å². The lowest BCUT2D eigenvalue weighted by Crippen LogP contribution is -2.50. The van der Waals surface area contributed by atoms with Crippen LogP contribution >= 0.6 is 0 Å². The third kappa shape index (κ3) is 4.93. The molecule has 2 atom stereocenters. The van der Waals surface area contributed by atoms with E-state index in [2.05, 4.69) is 15.6 Å². The number of pyridine rings is 1. The molecule has 1 aromatic heterocycles. The third-order valence-corrected chi connectivity index (χ3v) is 6.86. The maximum absolute atomic E-state index is 14.0. The van der Waals surface area contributed by atoms with Gasteiger partial charge in [-0.05, 0) is 41.8 Å². The van der Waals surface area contributed by atoms with E-state index < -0.39 is 5.54 Å². The zero-order chi connectivity index (χ0) is 25.7. The number of amides is 2. The molecule has 2 unspecified atom stereocenters. The molecular formula is C30H29N5O2. The van der Waals surface area contributed by atoms with Crippen molar-refractivity contribution in [3.8, 4) is 0 Å². The number of hydrogen-bond acceptors (Lipinski definition) is 4. The van der Waals surface area contributed by atoms with Crippen LogP contribution in [-0.2, 0) is 23.3 Å². The molecule has 3 aromatic rings. The van der Waals surface area contributed by atoms with Crippen LogP contribution in [0.25, 0.3) is 0 Å². The summed E-state index contributed by atoms with van der Waals surface area (Å²) in [6.07, 6.45) is 11.1. The normalized spacial score (nSPS) is 20.6. The summed E-state index contributed by atoms with van der Waals surface area (Å²) in [6, 6.07) is 22.5. The maximum atomic E-state index is 14.0. The molecule has 3 N–H and O–H groups in total. The van der Waals surface area contributed by atoms with E-state index >= 15 is 0 Å². The summed E-state index contributed by atoms with van der Waals surface area (Å²) in [4.78, 5) is 32.5. The highest BCUT2D eigenvalue weighted by molar-refractivity contribution is 6.08. The Kier molecular flexibility index (Phi) is 6.94. The SMILES string of the molecule is N=C1NC(c2ccccc2)(C2C=CC=CC2)C(=O)N1Cc1cccc(C(=O)NCCc2ccccn2)c1. The Morgan fingerprint density at radius 3 is 2.68 bits per heavy atom. The number of rotatable bonds is 8. The van der Waals surface area contributed by atoms with E-state index in [1.807, 2.05) is 78.9 Å². The lowest BCUT2D eigenvalue weighted by Gasteiger charge is -2.34. The average molecular weight is 492 g/mol. The molecule has 186 valence electrons. The van der Waals surface area contributed by atoms with Gasteiger partial charge in [0.05, 0.1) is 6.54 Å². The van der Waals surface area contributed by atoms with Gasteiger partial charge in [-0.3, -0.25) is 24.9 Å². The molecule has 37 heavy (non-hydrogen) atoms. The number of benzene rings is 2. The number of carbonyl (C=O) groups is 2. The summed E-state index contributed by atoms with van der Waals surface area (Å²) < 4.78 is 0. The van der Waals surface area contributed by atoms with Crippen LogP contribution in [0.4, 0.5) is 0 Å². The highest BCUT2D eigenvalue weighted by Crippen LogP contribution is 2.40. The molecule has 0 spiro atoms. The predicted molar refractivity (Wildman–Crippen MR) is 143 cm³/mol. The van der Waals surface area contributed by atoms with Crippen LogP contribution < -0.4 is 10.6 Å². The predicted octanol–water partition coefficient (Wildman–Crippen LogP) is 3.95. The lowest BCUT2D eigenvalue weighted by atomic mass is 9.75. The van der Waals surface area contributed by atoms with Crippen molar-refractivity contribution in [1.29, 1.82) is 5.41 Å². The zero-order valence-corrected chi connectivity index (χ0v) is 20.4. The van der Waals surface area contributed by atoms with Crippen molar-refractivity contribution in [2.75, 3.05) is 6.54 Å². The molecule has 5 rings (SSSR count). The second kappa shape index (κ2) is 10.6. The van der Waals surface area contributed by atoms with Crippen molar-refractivity contribution in [3.05, 3.63) is 126 Å². The number of carbonyl (C=O) groups excluding carboxylic acids is 2. The molecule has 7 nitrogen and oxygen atoms in total. The molecule has 1 aliphatic heterocycles. The Morgan fingerprint density at radius 1 is 1.08 bits per heavy atom. The minimum Gasteiger partial charge on any atom is -0.352 e. The van der Waals surface area contributed by atoms with Gasteiger partial charge in [0.2, 0.25) is 0 Å². The van der Waals surface area contributed by atoms with Crippen LogP contribution in [0.5, 0.6) is 0 Å². The van der Waals surface area contributed by atoms with Gasteiger partial charge in [0.25, 0.3) is 11.8 Å². The fourth-order valence-corrected chi connectivity index (χ4v) is 4.98. The van der Waals surface area contributed by atoms with Crippen LogP contribution in [0.15, 0.2) is 103 Å². The monoisotopic (exact) mass is 491 g/mol. The Hall–Kier alpha value is -4.52. The summed E-state index contributed by atoms with van der Waals surface area (Å²) in [5, 5.41) is 14.9. The van der Waals surface area contributed by atoms with Crippen LogP contribution in [0.2, 0.25) is 0 Å². The first-order chi connectivity index (χ1) is 18.1. The topological polar surface area (TPSA) is 98.2 Å². The molecular weight excluding hydrogens is 462 g/mol. The smallest absolute Gasteiger partial charge is 0.260 e. The first-order valence-corrected chi connectivity index (χ1v) is 12.4. The number of hydrogen-bond donors (Lipinski definition) is 3. The molecule has 1 aliphatic carbocycles. The Balaban J connectivity index is 1.32. The largest absolute Gasteiger partial charge is 0.352 e. The van der Waals surface area contributed by atoms with Gasteiger partial charge in [-0.15, -0.1) is 0 Å². The Bertz CT molecular complexity index is 1350. The summed E-state index contributed by atoms with van der Waals surface area (Å²) >= 11 is 0. The van der Waals surface area contributed by atoms with Crippen LogP contribution in [0.1, 0.15) is 33.6 Å². The summed E-state index contributed by atoms with van der Waals surface area (Å²) in [5.41, 5.74) is 1.98. The van der Waals surface area contributed by atoms with Gasteiger partial charge in [0.15, 0.2) is 11.5 Å². The lowest BCUT2D eigenvalue weighted by molar-refractivity contribution is -0.133. The van der Waals surface area contributed by atoms with Gasteiger partial charge < -0.3 is 10.6 Å². The molecule has 2 amide bonds. The number of guanidine groups is 1. The highest BCUT2D eigenvalue weighted by atomic mass is 16.2. The molecule has 1 saturated heterocycles. The first-order valence-electron chi connectivity index (χ1n) is 12.4. The van der Waals surface area contributed by atoms with E-state index in [0.29, 0.717) is 24.9 Å². The molecule has 7 heteroatoms. The Labute approximate surface area is 216 Å². The fraction of sp³-hybridized carbons (Fsp3) is 0.200. The van der Waals surface area contributed by atoms with E-state index in [9.17, 15) is 9.59 Å². The van der Waals surface area contributed by atoms with E-state index in [0.717, 1.165) is 16.8 Å². The Morgan fingerprint density at radius 2 is 1.92 bits per heavy atom. The molecule has 2 heterocycles. The van der Waals surface area contributed by atoms with Crippen LogP contribution in [-0.4, -0.2) is 34.2 Å². The van der Waals surface area contributed by atoms with E-state index in [1.54, 1.807) is 24.4 Å². The molecule has 2 aliphatic rings. The quantitative estimate of drug-likeness (QED) is 0.444. The van der Waals surface area contributed by atoms with Gasteiger partial charge in [-0.1, -0.05) is 72.8 Å². The van der Waals surface area contributed by atoms with Crippen molar-refractivity contribution in [2.24, 2.45) is 5.92 Å². The fourth-order valence-electron chi connectivity index (χ4n) is 4.98. The minimum absolute atomic E-state index is 0.0574. The standard InChI is InChI=1S/C30H29N5O2/c31-29-34-30(24-12-3-1-4-13-24,25-14-5-2-6-15-25)28(37)35(29)21-22-10-9-11-23(20-22)27(36)33-19-17-26-16-7-8-18-32-26/h1-14,16,18,20,25H,15,17,19,21H2,(H2,31,34)(H,33,36). The zero-order valence-electron chi connectivity index (χ0n) is 20.4. The molecule has 0 radical (unpaired) electrons. The molecule has 2 aromatic carbocycles. The number of allylic oxidation sites excluding steroid dienone is 3. The van der Waals surface area contributed by atoms with Crippen molar-refractivity contribution in [1.82, 2.24) is 20.5 Å². The van der Waals surface area contributed by atoms with Gasteiger partial charge in [0, 0.05) is 36.3 Å². The average Bonchev–Trinajstić information content (AvgIpc) is 3.20. The van der Waals surface area contributed by atoms with Crippen molar-refractivity contribution in [2.45, 2.75) is 24.9 Å². The van der Waals surface area contributed by atoms with E-state index in [1.165, 1.54) is 4.90 Å². The van der Waals surface area contributed by atoms with Crippen molar-refractivity contribution < 1.29 is 9.59 Å². The molecule has 0 bridgehead atoms. The van der Waals surface area contributed by atoms with Crippen molar-refractivity contribution >= 4 is 17.8 Å². The van der Waals surface area contributed by atoms with Crippen LogP contribution in [0, 0.1) is 11.3 Å². The van der Waals surface area contributed by atoms with E-state index in [4.69, 9.17) is 5.41 Å². The first kappa shape index (κ1) is 24.2. The van der Waals surface area contributed by atoms with E-state index in [-0.39, 0.29) is 30.2 Å². The van der Waals surface area contributed by atoms with Gasteiger partial charge in [0.1, 0.15) is 0 Å². The van der Waals surface area contributed by atoms with Gasteiger partial charge in [-0.25, -0.2) is 0 Å². The molecule has 1 fully saturated rings. The summed E-state index contributed by atoms with van der Waals surface area (Å²) in [5.74, 6) is -0.425. The summed E-state index contributed by atoms with van der Waals surface area (Å²) in [7, 11) is 0. The van der Waals surface area contributed by atoms with Crippen molar-refractivity contribution in [3.63, 3.8) is 0 Å². The second-order valence-corrected chi connectivity index (χ2v) is 9.22. The number of aromatic nitrogens is 1. The highest BCUT2D eigenvalue weighted by Gasteiger charge is 2.54. The maximum Gasteiger partial charge on any atom is 0.260 e. The van der Waals surface area contributed by atoms with Gasteiger partial charge >= 0.3 is 0 Å². The summed E-state index contributed by atoms with van der Waals surface area (Å²) in [6.45, 7) is 0.669. The second-order valence-electron chi connectivity index (χ2n) is 9.22. The molecule has 0 saturated carbocycles. The third-order valence-electron chi connectivity index (χ3n) is 6.86. The number of nitrogens with zero attached hydrogens (tertiary/aromatic N) is 2. The van der Waals surface area contributed by atoms with Crippen LogP contribution in [0.3, 0.4) is 0 Å². The number of nitrogens with one attached hydrogen (secondary N) is 3.